The summed E-state index contributed by atoms with van der Waals surface area (Å²) >= 11 is 0. The average Bonchev–Trinajstić information content (AvgIpc) is 3.44. The molecule has 5 rings (SSSR count). The van der Waals surface area contributed by atoms with Gasteiger partial charge >= 0.3 is 5.97 Å². The summed E-state index contributed by atoms with van der Waals surface area (Å²) in [6, 6.07) is 3.66. The number of anilines is 1. The van der Waals surface area contributed by atoms with Crippen molar-refractivity contribution in [2.24, 2.45) is 0 Å². The Hall–Kier alpha value is -2.98. The Morgan fingerprint density at radius 3 is 2.91 bits per heavy atom. The highest BCUT2D eigenvalue weighted by Crippen LogP contribution is 2.36. The molecule has 1 unspecified atom stereocenters. The molecule has 10 nitrogen and oxygen atoms in total. The summed E-state index contributed by atoms with van der Waals surface area (Å²) in [6.45, 7) is 7.29. The molecule has 2 aliphatic rings. The minimum Gasteiger partial charge on any atom is -0.477 e. The van der Waals surface area contributed by atoms with Crippen LogP contribution in [0, 0.1) is 0 Å². The molecule has 2 aliphatic heterocycles. The van der Waals surface area contributed by atoms with Crippen LogP contribution in [0.15, 0.2) is 18.3 Å². The fourth-order valence-corrected chi connectivity index (χ4v) is 4.63. The van der Waals surface area contributed by atoms with E-state index >= 15 is 0 Å². The zero-order valence-electron chi connectivity index (χ0n) is 18.4. The van der Waals surface area contributed by atoms with Gasteiger partial charge in [-0.2, -0.15) is 10.2 Å². The number of carboxylic acids is 1. The lowest BCUT2D eigenvalue weighted by Gasteiger charge is -2.35. The summed E-state index contributed by atoms with van der Waals surface area (Å²) in [7, 11) is 0. The number of fused-ring (bicyclic) bond motifs is 1. The van der Waals surface area contributed by atoms with Gasteiger partial charge in [0.1, 0.15) is 16.7 Å². The van der Waals surface area contributed by atoms with Gasteiger partial charge in [-0.15, -0.1) is 0 Å². The Labute approximate surface area is 185 Å². The summed E-state index contributed by atoms with van der Waals surface area (Å²) < 4.78 is 15.3. The summed E-state index contributed by atoms with van der Waals surface area (Å²) in [4.78, 5) is 18.7. The molecule has 32 heavy (non-hydrogen) atoms. The Morgan fingerprint density at radius 2 is 2.19 bits per heavy atom. The maximum absolute atomic E-state index is 12.0. The zero-order chi connectivity index (χ0) is 22.2. The molecule has 0 amide bonds. The molecule has 2 fully saturated rings. The van der Waals surface area contributed by atoms with E-state index in [1.165, 1.54) is 0 Å². The molecule has 10 heteroatoms. The van der Waals surface area contributed by atoms with Crippen LogP contribution in [0.3, 0.4) is 0 Å². The second kappa shape index (κ2) is 8.51. The van der Waals surface area contributed by atoms with Gasteiger partial charge in [0.2, 0.25) is 0 Å². The van der Waals surface area contributed by atoms with Gasteiger partial charge in [-0.05, 0) is 45.2 Å². The van der Waals surface area contributed by atoms with E-state index in [0.29, 0.717) is 44.1 Å². The number of aromatic nitrogens is 5. The van der Waals surface area contributed by atoms with Crippen molar-refractivity contribution in [1.29, 1.82) is 0 Å². The van der Waals surface area contributed by atoms with Crippen molar-refractivity contribution in [2.75, 3.05) is 31.3 Å². The highest BCUT2D eigenvalue weighted by Gasteiger charge is 2.29. The summed E-state index contributed by atoms with van der Waals surface area (Å²) in [5, 5.41) is 19.2. The Bertz CT molecular complexity index is 1130. The van der Waals surface area contributed by atoms with Gasteiger partial charge in [0, 0.05) is 31.9 Å². The molecular weight excluding hydrogens is 412 g/mol. The number of aromatic carboxylic acids is 1. The van der Waals surface area contributed by atoms with Crippen molar-refractivity contribution in [3.05, 3.63) is 24.0 Å². The number of ether oxygens (including phenoxy) is 2. The van der Waals surface area contributed by atoms with E-state index in [2.05, 4.69) is 21.9 Å². The van der Waals surface area contributed by atoms with Crippen molar-refractivity contribution in [1.82, 2.24) is 24.5 Å². The average molecular weight is 441 g/mol. The van der Waals surface area contributed by atoms with Crippen molar-refractivity contribution in [3.8, 4) is 11.4 Å². The molecule has 0 radical (unpaired) electrons. The SMILES string of the molecule is CCn1nc(-c2ccnn2C2CCCCO2)c2nc(C(=O)O)cc(N3CCOC[C@H]3C)c21. The van der Waals surface area contributed by atoms with Crippen molar-refractivity contribution >= 4 is 22.7 Å². The van der Waals surface area contributed by atoms with Crippen molar-refractivity contribution in [3.63, 3.8) is 0 Å². The van der Waals surface area contributed by atoms with E-state index in [9.17, 15) is 9.90 Å². The van der Waals surface area contributed by atoms with Crippen LogP contribution in [0.2, 0.25) is 0 Å². The van der Waals surface area contributed by atoms with Gasteiger partial charge in [0.25, 0.3) is 0 Å². The second-order valence-corrected chi connectivity index (χ2v) is 8.29. The second-order valence-electron chi connectivity index (χ2n) is 8.29. The summed E-state index contributed by atoms with van der Waals surface area (Å²) in [5.41, 5.74) is 3.63. The number of hydrogen-bond acceptors (Lipinski definition) is 7. The minimum atomic E-state index is -1.06. The standard InChI is InChI=1S/C22H28N6O4/c1-3-27-21-17(26-9-11-31-13-14(26)2)12-15(22(29)30)24-20(21)19(25-27)16-7-8-23-28(16)18-6-4-5-10-32-18/h7-8,12,14,18H,3-6,9-11,13H2,1-2H3,(H,29,30)/t14-,18?/m1/s1. The predicted molar refractivity (Wildman–Crippen MR) is 118 cm³/mol. The molecule has 0 spiro atoms. The van der Waals surface area contributed by atoms with E-state index in [1.807, 2.05) is 22.4 Å². The van der Waals surface area contributed by atoms with Crippen LogP contribution in [0.4, 0.5) is 5.69 Å². The number of carboxylic acid groups (broad SMARTS) is 1. The highest BCUT2D eigenvalue weighted by atomic mass is 16.5. The van der Waals surface area contributed by atoms with Gasteiger partial charge in [-0.3, -0.25) is 4.68 Å². The lowest BCUT2D eigenvalue weighted by atomic mass is 10.1. The maximum Gasteiger partial charge on any atom is 0.354 e. The third-order valence-electron chi connectivity index (χ3n) is 6.21. The molecule has 170 valence electrons. The van der Waals surface area contributed by atoms with Gasteiger partial charge in [0.15, 0.2) is 11.9 Å². The maximum atomic E-state index is 12.0. The Morgan fingerprint density at radius 1 is 1.31 bits per heavy atom. The molecule has 2 saturated heterocycles. The number of carbonyl (C=O) groups is 1. The topological polar surface area (TPSA) is 108 Å². The van der Waals surface area contributed by atoms with Crippen molar-refractivity contribution < 1.29 is 19.4 Å². The number of aryl methyl sites for hydroxylation is 1. The normalized spacial score (nSPS) is 21.9. The summed E-state index contributed by atoms with van der Waals surface area (Å²) in [6.07, 6.45) is 4.58. The molecule has 0 bridgehead atoms. The molecule has 3 aromatic heterocycles. The number of hydrogen-bond donors (Lipinski definition) is 1. The lowest BCUT2D eigenvalue weighted by Crippen LogP contribution is -2.44. The Balaban J connectivity index is 1.72. The summed E-state index contributed by atoms with van der Waals surface area (Å²) in [5.74, 6) is -1.06. The van der Waals surface area contributed by atoms with E-state index in [0.717, 1.165) is 36.2 Å². The lowest BCUT2D eigenvalue weighted by molar-refractivity contribution is -0.0384. The largest absolute Gasteiger partial charge is 0.477 e. The molecular formula is C22H28N6O4. The molecule has 2 atom stereocenters. The van der Waals surface area contributed by atoms with Crippen LogP contribution in [-0.4, -0.2) is 68.0 Å². The first-order valence-corrected chi connectivity index (χ1v) is 11.2. The van der Waals surface area contributed by atoms with Crippen LogP contribution in [0.5, 0.6) is 0 Å². The number of morpholine rings is 1. The number of nitrogens with zero attached hydrogens (tertiary/aromatic N) is 6. The first-order valence-electron chi connectivity index (χ1n) is 11.2. The number of rotatable bonds is 5. The fraction of sp³-hybridized carbons (Fsp3) is 0.545. The van der Waals surface area contributed by atoms with Crippen LogP contribution in [0.1, 0.15) is 49.8 Å². The van der Waals surface area contributed by atoms with Gasteiger partial charge in [0.05, 0.1) is 24.6 Å². The van der Waals surface area contributed by atoms with Crippen LogP contribution < -0.4 is 4.90 Å². The molecule has 0 aliphatic carbocycles. The van der Waals surface area contributed by atoms with Crippen molar-refractivity contribution in [2.45, 2.75) is 51.9 Å². The van der Waals surface area contributed by atoms with E-state index in [4.69, 9.17) is 14.6 Å². The first kappa shape index (κ1) is 20.9. The Kier molecular flexibility index (Phi) is 5.56. The van der Waals surface area contributed by atoms with E-state index in [-0.39, 0.29) is 18.0 Å². The predicted octanol–water partition coefficient (Wildman–Crippen LogP) is 2.94. The molecule has 0 aromatic carbocycles. The molecule has 1 N–H and O–H groups in total. The quantitative estimate of drug-likeness (QED) is 0.645. The highest BCUT2D eigenvalue weighted by molar-refractivity contribution is 6.01. The molecule has 5 heterocycles. The number of pyridine rings is 1. The monoisotopic (exact) mass is 440 g/mol. The van der Waals surface area contributed by atoms with Crippen LogP contribution in [0.25, 0.3) is 22.4 Å². The van der Waals surface area contributed by atoms with Gasteiger partial charge in [-0.25, -0.2) is 14.5 Å². The van der Waals surface area contributed by atoms with E-state index in [1.54, 1.807) is 12.3 Å². The fourth-order valence-electron chi connectivity index (χ4n) is 4.63. The van der Waals surface area contributed by atoms with Crippen LogP contribution >= 0.6 is 0 Å². The third-order valence-corrected chi connectivity index (χ3v) is 6.21. The van der Waals surface area contributed by atoms with E-state index < -0.39 is 5.97 Å². The molecule has 0 saturated carbocycles. The van der Waals surface area contributed by atoms with Gasteiger partial charge in [-0.1, -0.05) is 0 Å². The van der Waals surface area contributed by atoms with Gasteiger partial charge < -0.3 is 19.5 Å². The molecule has 3 aromatic rings. The third kappa shape index (κ3) is 3.53. The zero-order valence-corrected chi connectivity index (χ0v) is 18.4. The minimum absolute atomic E-state index is 0.00285. The van der Waals surface area contributed by atoms with Crippen LogP contribution in [-0.2, 0) is 16.0 Å². The smallest absolute Gasteiger partial charge is 0.354 e. The first-order chi connectivity index (χ1) is 15.6.